The molecule has 1 unspecified atom stereocenters. The zero-order valence-corrected chi connectivity index (χ0v) is 11.7. The molecular weight excluding hydrogens is 338 g/mol. The number of hydrogen-bond donors (Lipinski definition) is 1. The zero-order valence-electron chi connectivity index (χ0n) is 10.1. The minimum atomic E-state index is -4.55. The van der Waals surface area contributed by atoms with E-state index in [0.717, 1.165) is 6.07 Å². The Bertz CT molecular complexity index is 625. The van der Waals surface area contributed by atoms with E-state index < -0.39 is 23.6 Å². The summed E-state index contributed by atoms with van der Waals surface area (Å²) in [5, 5.41) is 0. The van der Waals surface area contributed by atoms with Crippen molar-refractivity contribution in [3.8, 4) is 0 Å². The highest BCUT2D eigenvalue weighted by atomic mass is 79.9. The van der Waals surface area contributed by atoms with Gasteiger partial charge in [-0.2, -0.15) is 13.2 Å². The van der Waals surface area contributed by atoms with Crippen LogP contribution in [-0.2, 0) is 6.18 Å². The Morgan fingerprint density at radius 1 is 1.00 bits per heavy atom. The van der Waals surface area contributed by atoms with E-state index in [2.05, 4.69) is 15.9 Å². The third-order valence-electron chi connectivity index (χ3n) is 2.90. The van der Waals surface area contributed by atoms with Gasteiger partial charge in [-0.25, -0.2) is 4.39 Å². The average Bonchev–Trinajstić information content (AvgIpc) is 2.37. The number of halogens is 5. The van der Waals surface area contributed by atoms with Crippen molar-refractivity contribution in [2.24, 2.45) is 5.73 Å². The van der Waals surface area contributed by atoms with E-state index in [0.29, 0.717) is 0 Å². The summed E-state index contributed by atoms with van der Waals surface area (Å²) in [5.41, 5.74) is 4.80. The number of rotatable bonds is 2. The van der Waals surface area contributed by atoms with Crippen molar-refractivity contribution in [1.82, 2.24) is 0 Å². The van der Waals surface area contributed by atoms with Crippen LogP contribution >= 0.6 is 15.9 Å². The molecule has 0 heterocycles. The summed E-state index contributed by atoms with van der Waals surface area (Å²) in [6, 6.07) is 8.00. The van der Waals surface area contributed by atoms with Gasteiger partial charge in [-0.1, -0.05) is 40.2 Å². The van der Waals surface area contributed by atoms with Crippen LogP contribution < -0.4 is 5.73 Å². The third-order valence-corrected chi connectivity index (χ3v) is 3.39. The standard InChI is InChI=1S/C14H10BrF4N/c15-8-5-6-9(11(7-8)14(17,18)19)13(20)10-3-1-2-4-12(10)16/h1-7,13H,20H2. The lowest BCUT2D eigenvalue weighted by molar-refractivity contribution is -0.138. The number of nitrogens with two attached hydrogens (primary N) is 1. The lowest BCUT2D eigenvalue weighted by atomic mass is 9.94. The molecule has 0 spiro atoms. The molecule has 2 aromatic carbocycles. The fraction of sp³-hybridized carbons (Fsp3) is 0.143. The van der Waals surface area contributed by atoms with Gasteiger partial charge in [-0.05, 0) is 23.8 Å². The maximum Gasteiger partial charge on any atom is 0.416 e. The van der Waals surface area contributed by atoms with E-state index in [9.17, 15) is 17.6 Å². The smallest absolute Gasteiger partial charge is 0.320 e. The van der Waals surface area contributed by atoms with Crippen LogP contribution in [0.1, 0.15) is 22.7 Å². The summed E-state index contributed by atoms with van der Waals surface area (Å²) in [6.45, 7) is 0. The quantitative estimate of drug-likeness (QED) is 0.786. The number of hydrogen-bond acceptors (Lipinski definition) is 1. The van der Waals surface area contributed by atoms with Crippen LogP contribution in [0.3, 0.4) is 0 Å². The Labute approximate surface area is 121 Å². The van der Waals surface area contributed by atoms with E-state index in [4.69, 9.17) is 5.73 Å². The highest BCUT2D eigenvalue weighted by Crippen LogP contribution is 2.37. The molecule has 0 aliphatic rings. The predicted octanol–water partition coefficient (Wildman–Crippen LogP) is 4.66. The minimum absolute atomic E-state index is 0.0281. The van der Waals surface area contributed by atoms with Gasteiger partial charge in [0.15, 0.2) is 0 Å². The lowest BCUT2D eigenvalue weighted by Gasteiger charge is -2.19. The maximum atomic E-state index is 13.7. The minimum Gasteiger partial charge on any atom is -0.320 e. The molecule has 1 nitrogen and oxygen atoms in total. The summed E-state index contributed by atoms with van der Waals surface area (Å²) in [7, 11) is 0. The Morgan fingerprint density at radius 3 is 2.25 bits per heavy atom. The lowest BCUT2D eigenvalue weighted by Crippen LogP contribution is -2.19. The van der Waals surface area contributed by atoms with Crippen LogP contribution in [0.15, 0.2) is 46.9 Å². The first-order valence-corrected chi connectivity index (χ1v) is 6.46. The molecule has 0 aliphatic carbocycles. The molecule has 0 saturated heterocycles. The van der Waals surface area contributed by atoms with Gasteiger partial charge >= 0.3 is 6.18 Å². The van der Waals surface area contributed by atoms with Crippen LogP contribution in [0.5, 0.6) is 0 Å². The molecule has 0 saturated carbocycles. The average molecular weight is 348 g/mol. The molecule has 0 fully saturated rings. The van der Waals surface area contributed by atoms with Crippen molar-refractivity contribution in [3.63, 3.8) is 0 Å². The summed E-state index contributed by atoms with van der Waals surface area (Å²) in [4.78, 5) is 0. The Morgan fingerprint density at radius 2 is 1.65 bits per heavy atom. The SMILES string of the molecule is NC(c1ccccc1F)c1ccc(Br)cc1C(F)(F)F. The van der Waals surface area contributed by atoms with E-state index in [1.165, 1.54) is 36.4 Å². The van der Waals surface area contributed by atoms with Gasteiger partial charge in [0.25, 0.3) is 0 Å². The van der Waals surface area contributed by atoms with Crippen LogP contribution in [0.2, 0.25) is 0 Å². The highest BCUT2D eigenvalue weighted by molar-refractivity contribution is 9.10. The molecule has 1 atom stereocenters. The van der Waals surface area contributed by atoms with Gasteiger partial charge < -0.3 is 5.73 Å². The molecule has 0 aromatic heterocycles. The van der Waals surface area contributed by atoms with Gasteiger partial charge in [0.05, 0.1) is 11.6 Å². The first-order chi connectivity index (χ1) is 9.30. The van der Waals surface area contributed by atoms with Crippen molar-refractivity contribution in [2.75, 3.05) is 0 Å². The Kier molecular flexibility index (Phi) is 4.15. The van der Waals surface area contributed by atoms with Crippen molar-refractivity contribution >= 4 is 15.9 Å². The number of benzene rings is 2. The van der Waals surface area contributed by atoms with Gasteiger partial charge in [0, 0.05) is 10.0 Å². The summed E-state index contributed by atoms with van der Waals surface area (Å²) in [6.07, 6.45) is -4.55. The molecule has 0 aliphatic heterocycles. The molecule has 6 heteroatoms. The monoisotopic (exact) mass is 347 g/mol. The molecule has 0 radical (unpaired) electrons. The molecule has 2 aromatic rings. The van der Waals surface area contributed by atoms with Crippen molar-refractivity contribution in [2.45, 2.75) is 12.2 Å². The first-order valence-electron chi connectivity index (χ1n) is 5.67. The normalized spacial score (nSPS) is 13.3. The zero-order chi connectivity index (χ0) is 14.9. The number of alkyl halides is 3. The predicted molar refractivity (Wildman–Crippen MR) is 71.6 cm³/mol. The van der Waals surface area contributed by atoms with Crippen LogP contribution in [-0.4, -0.2) is 0 Å². The van der Waals surface area contributed by atoms with Gasteiger partial charge in [-0.3, -0.25) is 0 Å². The van der Waals surface area contributed by atoms with Gasteiger partial charge in [0.2, 0.25) is 0 Å². The summed E-state index contributed by atoms with van der Waals surface area (Å²) < 4.78 is 53.1. The third kappa shape index (κ3) is 3.02. The summed E-state index contributed by atoms with van der Waals surface area (Å²) in [5.74, 6) is -0.629. The van der Waals surface area contributed by atoms with Crippen molar-refractivity contribution in [1.29, 1.82) is 0 Å². The van der Waals surface area contributed by atoms with E-state index in [-0.39, 0.29) is 15.6 Å². The highest BCUT2D eigenvalue weighted by Gasteiger charge is 2.35. The Balaban J connectivity index is 2.56. The largest absolute Gasteiger partial charge is 0.416 e. The molecular formula is C14H10BrF4N. The topological polar surface area (TPSA) is 26.0 Å². The molecule has 0 amide bonds. The fourth-order valence-electron chi connectivity index (χ4n) is 1.94. The maximum absolute atomic E-state index is 13.7. The molecule has 20 heavy (non-hydrogen) atoms. The van der Waals surface area contributed by atoms with Crippen LogP contribution in [0, 0.1) is 5.82 Å². The second-order valence-corrected chi connectivity index (χ2v) is 5.14. The Hall–Kier alpha value is -1.40. The molecule has 0 bridgehead atoms. The summed E-state index contributed by atoms with van der Waals surface area (Å²) >= 11 is 2.99. The van der Waals surface area contributed by atoms with Crippen molar-refractivity contribution in [3.05, 3.63) is 69.4 Å². The fourth-order valence-corrected chi connectivity index (χ4v) is 2.30. The van der Waals surface area contributed by atoms with E-state index in [1.54, 1.807) is 0 Å². The molecule has 2 rings (SSSR count). The van der Waals surface area contributed by atoms with Gasteiger partial charge in [-0.15, -0.1) is 0 Å². The second kappa shape index (κ2) is 5.54. The van der Waals surface area contributed by atoms with E-state index in [1.807, 2.05) is 0 Å². The van der Waals surface area contributed by atoms with Crippen molar-refractivity contribution < 1.29 is 17.6 Å². The first kappa shape index (κ1) is 15.0. The van der Waals surface area contributed by atoms with E-state index >= 15 is 0 Å². The van der Waals surface area contributed by atoms with Gasteiger partial charge in [0.1, 0.15) is 5.82 Å². The van der Waals surface area contributed by atoms with Crippen LogP contribution in [0.4, 0.5) is 17.6 Å². The second-order valence-electron chi connectivity index (χ2n) is 4.23. The molecule has 106 valence electrons. The molecule has 2 N–H and O–H groups in total. The van der Waals surface area contributed by atoms with Crippen LogP contribution in [0.25, 0.3) is 0 Å².